The molecule has 2 rings (SSSR count). The number of rotatable bonds is 6. The van der Waals surface area contributed by atoms with E-state index in [-0.39, 0.29) is 12.1 Å². The summed E-state index contributed by atoms with van der Waals surface area (Å²) in [5.74, 6) is 0.562. The van der Waals surface area contributed by atoms with Gasteiger partial charge in [-0.3, -0.25) is 0 Å². The van der Waals surface area contributed by atoms with Gasteiger partial charge < -0.3 is 20.3 Å². The minimum absolute atomic E-state index is 0.127. The molecule has 1 unspecified atom stereocenters. The number of carbonyl (C=O) groups is 1. The first-order valence-corrected chi connectivity index (χ1v) is 8.35. The summed E-state index contributed by atoms with van der Waals surface area (Å²) in [7, 11) is 5.53. The van der Waals surface area contributed by atoms with E-state index in [0.29, 0.717) is 23.0 Å². The number of carbonyl (C=O) groups excluding carboxylic acids is 1. The van der Waals surface area contributed by atoms with Crippen molar-refractivity contribution < 1.29 is 9.53 Å². The highest BCUT2D eigenvalue weighted by Crippen LogP contribution is 2.27. The van der Waals surface area contributed by atoms with E-state index in [0.717, 1.165) is 0 Å². The van der Waals surface area contributed by atoms with Crippen molar-refractivity contribution in [1.82, 2.24) is 10.2 Å². The second-order valence-corrected chi connectivity index (χ2v) is 6.59. The Kier molecular flexibility index (Phi) is 6.27. The molecule has 0 radical (unpaired) electrons. The van der Waals surface area contributed by atoms with Gasteiger partial charge in [0.15, 0.2) is 0 Å². The van der Waals surface area contributed by atoms with Crippen LogP contribution in [0.1, 0.15) is 10.9 Å². The van der Waals surface area contributed by atoms with Crippen LogP contribution in [0.3, 0.4) is 0 Å². The van der Waals surface area contributed by atoms with Crippen LogP contribution in [0.5, 0.6) is 5.75 Å². The molecule has 0 aliphatic carbocycles. The predicted molar refractivity (Wildman–Crippen MR) is 95.8 cm³/mol. The van der Waals surface area contributed by atoms with E-state index in [1.807, 2.05) is 25.5 Å². The molecule has 0 aliphatic heterocycles. The van der Waals surface area contributed by atoms with Gasteiger partial charge in [0, 0.05) is 16.4 Å². The average molecular weight is 354 g/mol. The SMILES string of the molecule is COc1ccc(Cl)cc1NC(=O)NCC(c1cccs1)N(C)C. The van der Waals surface area contributed by atoms with Crippen molar-refractivity contribution in [2.45, 2.75) is 6.04 Å². The first-order chi connectivity index (χ1) is 11.0. The van der Waals surface area contributed by atoms with Crippen molar-refractivity contribution in [2.75, 3.05) is 33.1 Å². The molecule has 1 aromatic heterocycles. The van der Waals surface area contributed by atoms with Gasteiger partial charge in [-0.1, -0.05) is 17.7 Å². The van der Waals surface area contributed by atoms with E-state index in [4.69, 9.17) is 16.3 Å². The van der Waals surface area contributed by atoms with Crippen LogP contribution in [0.2, 0.25) is 5.02 Å². The lowest BCUT2D eigenvalue weighted by molar-refractivity contribution is 0.244. The van der Waals surface area contributed by atoms with Gasteiger partial charge in [0.1, 0.15) is 5.75 Å². The van der Waals surface area contributed by atoms with E-state index in [2.05, 4.69) is 21.6 Å². The molecule has 23 heavy (non-hydrogen) atoms. The summed E-state index contributed by atoms with van der Waals surface area (Å²) in [6.07, 6.45) is 0. The minimum atomic E-state index is -0.297. The van der Waals surface area contributed by atoms with Gasteiger partial charge in [-0.2, -0.15) is 0 Å². The number of urea groups is 1. The van der Waals surface area contributed by atoms with Gasteiger partial charge >= 0.3 is 6.03 Å². The van der Waals surface area contributed by atoms with Crippen LogP contribution in [-0.2, 0) is 0 Å². The quantitative estimate of drug-likeness (QED) is 0.829. The molecule has 0 spiro atoms. The molecule has 1 aromatic carbocycles. The molecule has 0 aliphatic rings. The topological polar surface area (TPSA) is 53.6 Å². The van der Waals surface area contributed by atoms with Gasteiger partial charge in [-0.25, -0.2) is 4.79 Å². The normalized spacial score (nSPS) is 12.0. The maximum Gasteiger partial charge on any atom is 0.319 e. The van der Waals surface area contributed by atoms with E-state index < -0.39 is 0 Å². The molecule has 1 atom stereocenters. The zero-order valence-corrected chi connectivity index (χ0v) is 14.9. The number of ether oxygens (including phenoxy) is 1. The summed E-state index contributed by atoms with van der Waals surface area (Å²) in [6, 6.07) is 8.98. The summed E-state index contributed by atoms with van der Waals surface area (Å²) in [6.45, 7) is 0.502. The Balaban J connectivity index is 1.98. The standard InChI is InChI=1S/C16H20ClN3O2S/c1-20(2)13(15-5-4-8-23-15)10-18-16(21)19-12-9-11(17)6-7-14(12)22-3/h4-9,13H,10H2,1-3H3,(H2,18,19,21). The van der Waals surface area contributed by atoms with Crippen LogP contribution in [0, 0.1) is 0 Å². The maximum atomic E-state index is 12.2. The molecular formula is C16H20ClN3O2S. The Morgan fingerprint density at radius 2 is 2.17 bits per heavy atom. The number of thiophene rings is 1. The lowest BCUT2D eigenvalue weighted by Crippen LogP contribution is -2.36. The highest BCUT2D eigenvalue weighted by atomic mass is 35.5. The molecule has 124 valence electrons. The third kappa shape index (κ3) is 4.86. The Morgan fingerprint density at radius 3 is 2.78 bits per heavy atom. The monoisotopic (exact) mass is 353 g/mol. The fraction of sp³-hybridized carbons (Fsp3) is 0.312. The van der Waals surface area contributed by atoms with E-state index >= 15 is 0 Å². The van der Waals surface area contributed by atoms with Gasteiger partial charge in [-0.15, -0.1) is 11.3 Å². The van der Waals surface area contributed by atoms with Crippen molar-refractivity contribution >= 4 is 34.7 Å². The van der Waals surface area contributed by atoms with Crippen LogP contribution in [0.25, 0.3) is 0 Å². The molecule has 2 N–H and O–H groups in total. The third-order valence-electron chi connectivity index (χ3n) is 3.36. The van der Waals surface area contributed by atoms with Gasteiger partial charge in [0.2, 0.25) is 0 Å². The average Bonchev–Trinajstić information content (AvgIpc) is 3.01. The maximum absolute atomic E-state index is 12.2. The van der Waals surface area contributed by atoms with Crippen LogP contribution in [0.15, 0.2) is 35.7 Å². The highest BCUT2D eigenvalue weighted by molar-refractivity contribution is 7.10. The minimum Gasteiger partial charge on any atom is -0.495 e. The summed E-state index contributed by atoms with van der Waals surface area (Å²) in [4.78, 5) is 15.4. The lowest BCUT2D eigenvalue weighted by atomic mass is 10.2. The number of anilines is 1. The summed E-state index contributed by atoms with van der Waals surface area (Å²) >= 11 is 7.63. The molecule has 0 bridgehead atoms. The Bertz CT molecular complexity index is 647. The number of benzene rings is 1. The van der Waals surface area contributed by atoms with Crippen molar-refractivity contribution in [2.24, 2.45) is 0 Å². The molecule has 0 saturated heterocycles. The second kappa shape index (κ2) is 8.19. The number of nitrogens with one attached hydrogen (secondary N) is 2. The molecule has 1 heterocycles. The number of hydrogen-bond donors (Lipinski definition) is 2. The molecule has 0 saturated carbocycles. The number of hydrogen-bond acceptors (Lipinski definition) is 4. The van der Waals surface area contributed by atoms with Crippen LogP contribution in [-0.4, -0.2) is 38.7 Å². The predicted octanol–water partition coefficient (Wildman–Crippen LogP) is 3.83. The number of nitrogens with zero attached hydrogens (tertiary/aromatic N) is 1. The lowest BCUT2D eigenvalue weighted by Gasteiger charge is -2.23. The van der Waals surface area contributed by atoms with E-state index in [1.165, 1.54) is 4.88 Å². The molecule has 2 aromatic rings. The Hall–Kier alpha value is -1.76. The summed E-state index contributed by atoms with van der Waals surface area (Å²) in [5, 5.41) is 8.22. The Labute approximate surface area is 145 Å². The van der Waals surface area contributed by atoms with Crippen LogP contribution < -0.4 is 15.4 Å². The first kappa shape index (κ1) is 17.6. The largest absolute Gasteiger partial charge is 0.495 e. The highest BCUT2D eigenvalue weighted by Gasteiger charge is 2.16. The molecule has 5 nitrogen and oxygen atoms in total. The Morgan fingerprint density at radius 1 is 1.39 bits per heavy atom. The van der Waals surface area contributed by atoms with Gasteiger partial charge in [-0.05, 0) is 43.7 Å². The zero-order valence-electron chi connectivity index (χ0n) is 13.3. The number of amides is 2. The zero-order chi connectivity index (χ0) is 16.8. The number of likely N-dealkylation sites (N-methyl/N-ethyl adjacent to an activating group) is 1. The summed E-state index contributed by atoms with van der Waals surface area (Å²) < 4.78 is 5.22. The van der Waals surface area contributed by atoms with Crippen molar-refractivity contribution in [3.05, 3.63) is 45.6 Å². The second-order valence-electron chi connectivity index (χ2n) is 5.17. The van der Waals surface area contributed by atoms with Crippen molar-refractivity contribution in [3.8, 4) is 5.75 Å². The fourth-order valence-corrected chi connectivity index (χ4v) is 3.25. The first-order valence-electron chi connectivity index (χ1n) is 7.09. The van der Waals surface area contributed by atoms with Crippen LogP contribution in [0.4, 0.5) is 10.5 Å². The fourth-order valence-electron chi connectivity index (χ4n) is 2.15. The van der Waals surface area contributed by atoms with Crippen LogP contribution >= 0.6 is 22.9 Å². The van der Waals surface area contributed by atoms with E-state index in [1.54, 1.807) is 36.6 Å². The smallest absolute Gasteiger partial charge is 0.319 e. The number of methoxy groups -OCH3 is 1. The van der Waals surface area contributed by atoms with E-state index in [9.17, 15) is 4.79 Å². The molecular weight excluding hydrogens is 334 g/mol. The number of halogens is 1. The summed E-state index contributed by atoms with van der Waals surface area (Å²) in [5.41, 5.74) is 0.537. The van der Waals surface area contributed by atoms with Crippen molar-refractivity contribution in [3.63, 3.8) is 0 Å². The van der Waals surface area contributed by atoms with Gasteiger partial charge in [0.05, 0.1) is 18.8 Å². The molecule has 0 fully saturated rings. The van der Waals surface area contributed by atoms with Gasteiger partial charge in [0.25, 0.3) is 0 Å². The molecule has 7 heteroatoms. The van der Waals surface area contributed by atoms with Crippen molar-refractivity contribution in [1.29, 1.82) is 0 Å². The molecule has 2 amide bonds. The third-order valence-corrected chi connectivity index (χ3v) is 4.57.